The average Bonchev–Trinajstić information content (AvgIpc) is 3.38. The molecule has 0 fully saturated rings. The Kier molecular flexibility index (Phi) is 7.77. The third-order valence-electron chi connectivity index (χ3n) is 6.60. The van der Waals surface area contributed by atoms with E-state index in [1.54, 1.807) is 4.57 Å². The van der Waals surface area contributed by atoms with E-state index < -0.39 is 6.08 Å². The van der Waals surface area contributed by atoms with Crippen LogP contribution in [0.2, 0.25) is 0 Å². The van der Waals surface area contributed by atoms with E-state index in [2.05, 4.69) is 21.6 Å². The van der Waals surface area contributed by atoms with E-state index in [1.165, 1.54) is 0 Å². The first-order chi connectivity index (χ1) is 19.3. The van der Waals surface area contributed by atoms with Crippen molar-refractivity contribution in [1.82, 2.24) is 19.7 Å². The first-order valence-corrected chi connectivity index (χ1v) is 13.4. The van der Waals surface area contributed by atoms with E-state index in [1.807, 2.05) is 93.6 Å². The number of ether oxygens (including phenoxy) is 1. The van der Waals surface area contributed by atoms with Crippen LogP contribution in [-0.2, 0) is 12.8 Å². The van der Waals surface area contributed by atoms with Gasteiger partial charge in [0.15, 0.2) is 11.9 Å². The molecule has 0 saturated heterocycles. The zero-order valence-corrected chi connectivity index (χ0v) is 23.0. The molecule has 0 radical (unpaired) electrons. The van der Waals surface area contributed by atoms with Crippen molar-refractivity contribution < 1.29 is 14.4 Å². The monoisotopic (exact) mass is 535 g/mol. The Morgan fingerprint density at radius 1 is 0.950 bits per heavy atom. The van der Waals surface area contributed by atoms with Crippen molar-refractivity contribution in [2.45, 2.75) is 53.1 Å². The molecule has 0 amide bonds. The molecule has 0 saturated carbocycles. The van der Waals surface area contributed by atoms with Gasteiger partial charge in [0.05, 0.1) is 17.5 Å². The van der Waals surface area contributed by atoms with Crippen molar-refractivity contribution in [3.05, 3.63) is 106 Å². The van der Waals surface area contributed by atoms with Gasteiger partial charge >= 0.3 is 0 Å². The van der Waals surface area contributed by atoms with E-state index in [4.69, 9.17) is 9.72 Å². The second-order valence-corrected chi connectivity index (χ2v) is 9.94. The lowest BCUT2D eigenvalue weighted by Crippen LogP contribution is -2.28. The van der Waals surface area contributed by atoms with Gasteiger partial charge in [0.25, 0.3) is 5.56 Å². The normalized spacial score (nSPS) is 11.2. The summed E-state index contributed by atoms with van der Waals surface area (Å²) >= 11 is 0. The summed E-state index contributed by atoms with van der Waals surface area (Å²) in [4.78, 5) is 22.6. The smallest absolute Gasteiger partial charge is 0.261 e. The summed E-state index contributed by atoms with van der Waals surface area (Å²) in [5.74, 6) is 1.67. The second kappa shape index (κ2) is 11.6. The summed E-state index contributed by atoms with van der Waals surface area (Å²) < 4.78 is 12.1. The molecule has 2 heterocycles. The highest BCUT2D eigenvalue weighted by molar-refractivity contribution is 5.80. The minimum absolute atomic E-state index is 0.0616. The van der Waals surface area contributed by atoms with Gasteiger partial charge in [-0.2, -0.15) is 5.16 Å². The Morgan fingerprint density at radius 3 is 2.27 bits per heavy atom. The van der Waals surface area contributed by atoms with Crippen LogP contribution in [0.1, 0.15) is 49.8 Å². The molecule has 0 aliphatic heterocycles. The van der Waals surface area contributed by atoms with Gasteiger partial charge in [0.2, 0.25) is 0 Å². The molecule has 0 aliphatic carbocycles. The number of hydrogen-bond acceptors (Lipinski definition) is 7. The van der Waals surface area contributed by atoms with Crippen LogP contribution in [0.5, 0.6) is 11.8 Å². The maximum absolute atomic E-state index is 13.9. The number of aromatic nitrogens is 4. The van der Waals surface area contributed by atoms with E-state index in [0.29, 0.717) is 23.4 Å². The minimum Gasteiger partial charge on any atom is -0.528 e. The zero-order valence-electron chi connectivity index (χ0n) is 23.0. The first-order valence-electron chi connectivity index (χ1n) is 13.4. The second-order valence-electron chi connectivity index (χ2n) is 9.94. The van der Waals surface area contributed by atoms with E-state index in [-0.39, 0.29) is 17.5 Å². The zero-order chi connectivity index (χ0) is 28.2. The number of rotatable bonds is 9. The summed E-state index contributed by atoms with van der Waals surface area (Å²) in [5.41, 5.74) is 5.74. The van der Waals surface area contributed by atoms with E-state index in [9.17, 15) is 9.90 Å². The molecule has 0 atom stereocenters. The number of aryl methyl sites for hydroxylation is 2. The summed E-state index contributed by atoms with van der Waals surface area (Å²) in [7, 11) is 0. The Bertz CT molecular complexity index is 1670. The molecule has 0 spiro atoms. The molecule has 5 rings (SSSR count). The van der Waals surface area contributed by atoms with Crippen LogP contribution in [0.4, 0.5) is 0 Å². The molecule has 0 aliphatic rings. The standard InChI is InChI=1S/C32H32N4O4/c1-5-8-29-28(31(37)36(21(4)33-29)24-15-17-25(18-16-24)39-20(2)3)19-22-11-13-23(14-12-22)26-9-6-7-10-27(26)30-34-32(38)40-35-30/h6-7,9-18,20H,5,8,19H2,1-4H3,(H,34,35,38)/p-1. The van der Waals surface area contributed by atoms with Crippen molar-refractivity contribution in [2.75, 3.05) is 0 Å². The van der Waals surface area contributed by atoms with Crippen LogP contribution < -0.4 is 15.4 Å². The van der Waals surface area contributed by atoms with Gasteiger partial charge in [-0.1, -0.05) is 61.9 Å². The summed E-state index contributed by atoms with van der Waals surface area (Å²) in [6, 6.07) is 23.2. The quantitative estimate of drug-likeness (QED) is 0.240. The SMILES string of the molecule is CCCc1nc(C)n(-c2ccc(OC(C)C)cc2)c(=O)c1Cc1ccc(-c2ccccc2-c2noc([O-])n2)cc1. The van der Waals surface area contributed by atoms with Gasteiger partial charge < -0.3 is 14.4 Å². The molecule has 0 N–H and O–H groups in total. The van der Waals surface area contributed by atoms with Crippen molar-refractivity contribution in [3.8, 4) is 40.0 Å². The molecular formula is C32H31N4O4-. The molecular weight excluding hydrogens is 504 g/mol. The molecule has 0 unspecified atom stereocenters. The summed E-state index contributed by atoms with van der Waals surface area (Å²) in [6.45, 7) is 7.92. The highest BCUT2D eigenvalue weighted by atomic mass is 16.6. The third-order valence-corrected chi connectivity index (χ3v) is 6.60. The molecule has 40 heavy (non-hydrogen) atoms. The van der Waals surface area contributed by atoms with Gasteiger partial charge in [-0.15, -0.1) is 0 Å². The van der Waals surface area contributed by atoms with Gasteiger partial charge in [-0.05, 0) is 68.1 Å². The van der Waals surface area contributed by atoms with E-state index >= 15 is 0 Å². The van der Waals surface area contributed by atoms with Crippen LogP contribution in [-0.4, -0.2) is 25.8 Å². The lowest BCUT2D eigenvalue weighted by atomic mass is 9.96. The topological polar surface area (TPSA) is 106 Å². The van der Waals surface area contributed by atoms with Crippen molar-refractivity contribution in [3.63, 3.8) is 0 Å². The minimum atomic E-state index is -0.722. The largest absolute Gasteiger partial charge is 0.528 e. The first kappa shape index (κ1) is 26.9. The Balaban J connectivity index is 1.48. The molecule has 3 aromatic carbocycles. The maximum atomic E-state index is 13.9. The van der Waals surface area contributed by atoms with Gasteiger partial charge in [0, 0.05) is 17.5 Å². The average molecular weight is 536 g/mol. The molecule has 204 valence electrons. The predicted octanol–water partition coefficient (Wildman–Crippen LogP) is 5.66. The third kappa shape index (κ3) is 5.66. The van der Waals surface area contributed by atoms with Gasteiger partial charge in [0.1, 0.15) is 11.6 Å². The fraction of sp³-hybridized carbons (Fsp3) is 0.250. The molecule has 8 nitrogen and oxygen atoms in total. The maximum Gasteiger partial charge on any atom is 0.261 e. The predicted molar refractivity (Wildman–Crippen MR) is 152 cm³/mol. The van der Waals surface area contributed by atoms with Gasteiger partial charge in [-0.3, -0.25) is 9.36 Å². The number of nitrogens with zero attached hydrogens (tertiary/aromatic N) is 4. The Morgan fingerprint density at radius 2 is 1.65 bits per heavy atom. The van der Waals surface area contributed by atoms with Crippen LogP contribution >= 0.6 is 0 Å². The fourth-order valence-electron chi connectivity index (χ4n) is 4.84. The van der Waals surface area contributed by atoms with Crippen LogP contribution in [0.3, 0.4) is 0 Å². The number of hydrogen-bond donors (Lipinski definition) is 0. The molecule has 0 bridgehead atoms. The van der Waals surface area contributed by atoms with E-state index in [0.717, 1.165) is 46.7 Å². The fourth-order valence-corrected chi connectivity index (χ4v) is 4.84. The van der Waals surface area contributed by atoms with Crippen molar-refractivity contribution in [2.24, 2.45) is 0 Å². The highest BCUT2D eigenvalue weighted by Gasteiger charge is 2.17. The van der Waals surface area contributed by atoms with Crippen LogP contribution in [0.15, 0.2) is 82.1 Å². The van der Waals surface area contributed by atoms with Crippen molar-refractivity contribution >= 4 is 0 Å². The summed E-state index contributed by atoms with van der Waals surface area (Å²) in [5, 5.41) is 15.2. The molecule has 8 heteroatoms. The van der Waals surface area contributed by atoms with Crippen molar-refractivity contribution in [1.29, 1.82) is 0 Å². The lowest BCUT2D eigenvalue weighted by Gasteiger charge is -2.16. The summed E-state index contributed by atoms with van der Waals surface area (Å²) in [6.07, 6.45) is 1.43. The van der Waals surface area contributed by atoms with Crippen LogP contribution in [0.25, 0.3) is 28.2 Å². The van der Waals surface area contributed by atoms with Gasteiger partial charge in [-0.25, -0.2) is 9.97 Å². The lowest BCUT2D eigenvalue weighted by molar-refractivity contribution is -0.303. The Labute approximate surface area is 232 Å². The molecule has 5 aromatic rings. The highest BCUT2D eigenvalue weighted by Crippen LogP contribution is 2.31. The Hall–Kier alpha value is -4.72. The molecule has 2 aromatic heterocycles. The van der Waals surface area contributed by atoms with Crippen LogP contribution in [0, 0.1) is 6.92 Å². The number of benzene rings is 3.